The Morgan fingerprint density at radius 3 is 1.97 bits per heavy atom. The molecule has 2 rings (SSSR count). The molecule has 1 aromatic rings. The number of hydrogen-bond acceptors (Lipinski definition) is 6. The molecule has 1 saturated heterocycles. The molecule has 29 heavy (non-hydrogen) atoms. The average molecular weight is 408 g/mol. The maximum atomic E-state index is 12.8. The number of amides is 2. The van der Waals surface area contributed by atoms with E-state index in [9.17, 15) is 9.59 Å². The van der Waals surface area contributed by atoms with Crippen LogP contribution >= 0.6 is 0 Å². The van der Waals surface area contributed by atoms with Crippen LogP contribution in [0.1, 0.15) is 50.9 Å². The average Bonchev–Trinajstić information content (AvgIpc) is 2.71. The van der Waals surface area contributed by atoms with E-state index in [1.54, 1.807) is 24.0 Å². The third kappa shape index (κ3) is 6.17. The molecule has 1 fully saturated rings. The highest BCUT2D eigenvalue weighted by Crippen LogP contribution is 2.39. The molecule has 0 atom stereocenters. The molecule has 0 aromatic heterocycles. The van der Waals surface area contributed by atoms with E-state index in [1.807, 2.05) is 20.8 Å². The molecule has 8 nitrogen and oxygen atoms in total. The van der Waals surface area contributed by atoms with Gasteiger partial charge >= 0.3 is 6.09 Å². The number of likely N-dealkylation sites (tertiary alicyclic amines) is 1. The molecule has 1 aromatic carbocycles. The van der Waals surface area contributed by atoms with E-state index < -0.39 is 0 Å². The number of carbonyl (C=O) groups is 2. The summed E-state index contributed by atoms with van der Waals surface area (Å²) >= 11 is 0. The Morgan fingerprint density at radius 1 is 0.931 bits per heavy atom. The van der Waals surface area contributed by atoms with E-state index in [0.717, 1.165) is 0 Å². The fourth-order valence-electron chi connectivity index (χ4n) is 3.21. The fourth-order valence-corrected chi connectivity index (χ4v) is 3.21. The predicted molar refractivity (Wildman–Crippen MR) is 109 cm³/mol. The summed E-state index contributed by atoms with van der Waals surface area (Å²) < 4.78 is 22.1. The van der Waals surface area contributed by atoms with Gasteiger partial charge in [-0.05, 0) is 52.7 Å². The van der Waals surface area contributed by atoms with Gasteiger partial charge in [0.1, 0.15) is 0 Å². The lowest BCUT2D eigenvalue weighted by Crippen LogP contribution is -2.46. The zero-order valence-corrected chi connectivity index (χ0v) is 17.8. The van der Waals surface area contributed by atoms with Crippen LogP contribution in [0.2, 0.25) is 0 Å². The minimum atomic E-state index is -0.300. The Hall–Kier alpha value is -2.64. The Labute approximate surface area is 172 Å². The first-order chi connectivity index (χ1) is 14.0. The first kappa shape index (κ1) is 22.6. The van der Waals surface area contributed by atoms with Crippen LogP contribution in [0.25, 0.3) is 0 Å². The number of ether oxygens (including phenoxy) is 4. The molecule has 0 bridgehead atoms. The van der Waals surface area contributed by atoms with Crippen LogP contribution in [-0.4, -0.2) is 62.5 Å². The van der Waals surface area contributed by atoms with Gasteiger partial charge in [-0.3, -0.25) is 4.79 Å². The highest BCUT2D eigenvalue weighted by atomic mass is 16.6. The van der Waals surface area contributed by atoms with Crippen molar-refractivity contribution >= 4 is 12.0 Å². The van der Waals surface area contributed by atoms with Crippen molar-refractivity contribution in [3.8, 4) is 17.2 Å². The summed E-state index contributed by atoms with van der Waals surface area (Å²) in [5.41, 5.74) is 0.452. The zero-order valence-electron chi connectivity index (χ0n) is 17.8. The summed E-state index contributed by atoms with van der Waals surface area (Å²) in [6.45, 7) is 10.3. The lowest BCUT2D eigenvalue weighted by Gasteiger charge is -2.31. The molecular weight excluding hydrogens is 376 g/mol. The summed E-state index contributed by atoms with van der Waals surface area (Å²) in [6, 6.07) is 3.35. The van der Waals surface area contributed by atoms with Gasteiger partial charge in [0.05, 0.1) is 26.4 Å². The van der Waals surface area contributed by atoms with Crippen LogP contribution in [0.3, 0.4) is 0 Å². The highest BCUT2D eigenvalue weighted by molar-refractivity contribution is 5.95. The van der Waals surface area contributed by atoms with Gasteiger partial charge in [0.2, 0.25) is 5.75 Å². The van der Waals surface area contributed by atoms with Gasteiger partial charge in [-0.25, -0.2) is 4.79 Å². The second-order valence-corrected chi connectivity index (χ2v) is 6.53. The molecule has 2 amide bonds. The summed E-state index contributed by atoms with van der Waals surface area (Å²) in [6.07, 6.45) is 1.06. The van der Waals surface area contributed by atoms with Crippen molar-refractivity contribution in [2.75, 3.05) is 39.5 Å². The van der Waals surface area contributed by atoms with Crippen molar-refractivity contribution in [1.29, 1.82) is 0 Å². The molecule has 0 aliphatic carbocycles. The van der Waals surface area contributed by atoms with Gasteiger partial charge in [-0.1, -0.05) is 0 Å². The van der Waals surface area contributed by atoms with Crippen LogP contribution in [-0.2, 0) is 4.74 Å². The minimum Gasteiger partial charge on any atom is -0.490 e. The van der Waals surface area contributed by atoms with Gasteiger partial charge in [0, 0.05) is 24.7 Å². The third-order valence-electron chi connectivity index (χ3n) is 4.53. The van der Waals surface area contributed by atoms with E-state index in [0.29, 0.717) is 75.2 Å². The monoisotopic (exact) mass is 408 g/mol. The van der Waals surface area contributed by atoms with Crippen molar-refractivity contribution in [3.05, 3.63) is 17.7 Å². The Bertz CT molecular complexity index is 659. The maximum Gasteiger partial charge on any atom is 0.409 e. The SMILES string of the molecule is CCOC(=O)N1CCC(NC(=O)c2cc(OCC)c(OCC)c(OCC)c2)CC1. The number of nitrogens with one attached hydrogen (secondary N) is 1. The summed E-state index contributed by atoms with van der Waals surface area (Å²) in [5.74, 6) is 1.28. The highest BCUT2D eigenvalue weighted by Gasteiger charge is 2.26. The first-order valence-electron chi connectivity index (χ1n) is 10.3. The topological polar surface area (TPSA) is 86.3 Å². The predicted octanol–water partition coefficient (Wildman–Crippen LogP) is 3.23. The summed E-state index contributed by atoms with van der Waals surface area (Å²) in [7, 11) is 0. The Kier molecular flexibility index (Phi) is 8.89. The molecule has 1 aliphatic heterocycles. The molecule has 0 saturated carbocycles. The maximum absolute atomic E-state index is 12.8. The summed E-state index contributed by atoms with van der Waals surface area (Å²) in [4.78, 5) is 26.3. The lowest BCUT2D eigenvalue weighted by molar-refractivity contribution is 0.0859. The molecule has 0 unspecified atom stereocenters. The van der Waals surface area contributed by atoms with E-state index >= 15 is 0 Å². The molecule has 162 valence electrons. The molecule has 1 N–H and O–H groups in total. The normalized spacial score (nSPS) is 14.3. The quantitative estimate of drug-likeness (QED) is 0.675. The van der Waals surface area contributed by atoms with E-state index in [4.69, 9.17) is 18.9 Å². The minimum absolute atomic E-state index is 0.00849. The number of nitrogens with zero attached hydrogens (tertiary/aromatic N) is 1. The molecule has 8 heteroatoms. The smallest absolute Gasteiger partial charge is 0.409 e. The van der Waals surface area contributed by atoms with Gasteiger partial charge in [0.15, 0.2) is 11.5 Å². The number of hydrogen-bond donors (Lipinski definition) is 1. The molecular formula is C21H32N2O6. The van der Waals surface area contributed by atoms with E-state index in [-0.39, 0.29) is 18.0 Å². The molecule has 0 radical (unpaired) electrons. The van der Waals surface area contributed by atoms with Crippen molar-refractivity contribution in [2.24, 2.45) is 0 Å². The second-order valence-electron chi connectivity index (χ2n) is 6.53. The molecule has 1 aliphatic rings. The third-order valence-corrected chi connectivity index (χ3v) is 4.53. The van der Waals surface area contributed by atoms with Crippen LogP contribution in [0.5, 0.6) is 17.2 Å². The van der Waals surface area contributed by atoms with Crippen molar-refractivity contribution in [1.82, 2.24) is 10.2 Å². The van der Waals surface area contributed by atoms with Crippen molar-refractivity contribution in [3.63, 3.8) is 0 Å². The molecule has 1 heterocycles. The second kappa shape index (κ2) is 11.4. The zero-order chi connectivity index (χ0) is 21.2. The van der Waals surface area contributed by atoms with E-state index in [1.165, 1.54) is 0 Å². The van der Waals surface area contributed by atoms with Crippen molar-refractivity contribution < 1.29 is 28.5 Å². The van der Waals surface area contributed by atoms with Crippen LogP contribution in [0.4, 0.5) is 4.79 Å². The molecule has 0 spiro atoms. The number of rotatable bonds is 9. The largest absolute Gasteiger partial charge is 0.490 e. The fraction of sp³-hybridized carbons (Fsp3) is 0.619. The van der Waals surface area contributed by atoms with Crippen LogP contribution in [0, 0.1) is 0 Å². The van der Waals surface area contributed by atoms with Crippen LogP contribution < -0.4 is 19.5 Å². The van der Waals surface area contributed by atoms with Gasteiger partial charge < -0.3 is 29.2 Å². The van der Waals surface area contributed by atoms with Gasteiger partial charge in [0.25, 0.3) is 5.91 Å². The van der Waals surface area contributed by atoms with Crippen molar-refractivity contribution in [2.45, 2.75) is 46.6 Å². The number of carbonyl (C=O) groups excluding carboxylic acids is 2. The Balaban J connectivity index is 2.09. The standard InChI is InChI=1S/C21H32N2O6/c1-5-26-17-13-15(14-18(27-6-2)19(17)28-7-3)20(24)22-16-9-11-23(12-10-16)21(25)29-8-4/h13-14,16H,5-12H2,1-4H3,(H,22,24). The Morgan fingerprint density at radius 2 is 1.48 bits per heavy atom. The number of piperidine rings is 1. The summed E-state index contributed by atoms with van der Waals surface area (Å²) in [5, 5.41) is 3.05. The van der Waals surface area contributed by atoms with E-state index in [2.05, 4.69) is 5.32 Å². The van der Waals surface area contributed by atoms with Crippen LogP contribution in [0.15, 0.2) is 12.1 Å². The van der Waals surface area contributed by atoms with Gasteiger partial charge in [-0.2, -0.15) is 0 Å². The first-order valence-corrected chi connectivity index (χ1v) is 10.3. The van der Waals surface area contributed by atoms with Gasteiger partial charge in [-0.15, -0.1) is 0 Å². The lowest BCUT2D eigenvalue weighted by atomic mass is 10.0. The number of benzene rings is 1.